The summed E-state index contributed by atoms with van der Waals surface area (Å²) >= 11 is 0. The number of anilines is 1. The van der Waals surface area contributed by atoms with Gasteiger partial charge in [-0.1, -0.05) is 6.58 Å². The molecule has 80 valence electrons. The van der Waals surface area contributed by atoms with E-state index in [-0.39, 0.29) is 11.6 Å². The number of hydrogen-bond donors (Lipinski definition) is 3. The lowest BCUT2D eigenvalue weighted by Gasteiger charge is -2.10. The Morgan fingerprint density at radius 1 is 1.53 bits per heavy atom. The topological polar surface area (TPSA) is 123 Å². The number of hydrazine groups is 1. The van der Waals surface area contributed by atoms with Crippen molar-refractivity contribution in [2.24, 2.45) is 0 Å². The number of carbonyl (C=O) groups is 1. The average Bonchev–Trinajstić information content (AvgIpc) is 2.19. The van der Waals surface area contributed by atoms with E-state index in [4.69, 9.17) is 0 Å². The summed E-state index contributed by atoms with van der Waals surface area (Å²) in [6.45, 7) is 4.62. The van der Waals surface area contributed by atoms with E-state index in [1.807, 2.05) is 0 Å². The first-order valence-electron chi connectivity index (χ1n) is 3.86. The fourth-order valence-electron chi connectivity index (χ4n) is 0.635. The Morgan fingerprint density at radius 2 is 2.20 bits per heavy atom. The van der Waals surface area contributed by atoms with E-state index >= 15 is 0 Å². The number of aromatic nitrogens is 3. The first kappa shape index (κ1) is 10.7. The fraction of sp³-hybridized carbons (Fsp3) is 0.143. The predicted octanol–water partition coefficient (Wildman–Crippen LogP) is -2.35. The molecule has 0 amide bonds. The van der Waals surface area contributed by atoms with Crippen LogP contribution in [0.1, 0.15) is 5.69 Å². The molecule has 0 atom stereocenters. The van der Waals surface area contributed by atoms with Gasteiger partial charge in [0.25, 0.3) is 5.56 Å². The lowest BCUT2D eigenvalue weighted by Crippen LogP contribution is -2.35. The van der Waals surface area contributed by atoms with Gasteiger partial charge in [0.1, 0.15) is 5.69 Å². The van der Waals surface area contributed by atoms with Gasteiger partial charge in [-0.15, -0.1) is 10.2 Å². The van der Waals surface area contributed by atoms with Gasteiger partial charge in [0.05, 0.1) is 11.7 Å². The van der Waals surface area contributed by atoms with Crippen LogP contribution in [0.2, 0.25) is 0 Å². The molecule has 1 rings (SSSR count). The average molecular weight is 210 g/mol. The Bertz CT molecular complexity index is 452. The minimum atomic E-state index is -1.47. The van der Waals surface area contributed by atoms with Crippen LogP contribution in [0.4, 0.5) is 5.95 Å². The summed E-state index contributed by atoms with van der Waals surface area (Å²) in [6, 6.07) is 0. The maximum Gasteiger partial charge on any atom is 0.274 e. The van der Waals surface area contributed by atoms with Gasteiger partial charge in [0, 0.05) is 0 Å². The van der Waals surface area contributed by atoms with Gasteiger partial charge in [-0.05, 0) is 6.92 Å². The highest BCUT2D eigenvalue weighted by molar-refractivity contribution is 5.83. The van der Waals surface area contributed by atoms with Gasteiger partial charge < -0.3 is 9.90 Å². The molecule has 3 N–H and O–H groups in total. The lowest BCUT2D eigenvalue weighted by atomic mass is 10.5. The Labute approximate surface area is 84.0 Å². The smallest absolute Gasteiger partial charge is 0.274 e. The van der Waals surface area contributed by atoms with E-state index in [1.54, 1.807) is 0 Å². The van der Waals surface area contributed by atoms with Crippen molar-refractivity contribution >= 4 is 11.9 Å². The van der Waals surface area contributed by atoms with Crippen LogP contribution < -0.4 is 21.5 Å². The summed E-state index contributed by atoms with van der Waals surface area (Å²) in [4.78, 5) is 23.6. The van der Waals surface area contributed by atoms with Crippen LogP contribution in [0.15, 0.2) is 17.1 Å². The van der Waals surface area contributed by atoms with Crippen LogP contribution in [-0.2, 0) is 4.79 Å². The highest BCUT2D eigenvalue weighted by Gasteiger charge is 1.99. The van der Waals surface area contributed by atoms with Crippen molar-refractivity contribution in [1.29, 1.82) is 0 Å². The minimum Gasteiger partial charge on any atom is -0.543 e. The zero-order chi connectivity index (χ0) is 11.4. The van der Waals surface area contributed by atoms with Crippen molar-refractivity contribution in [2.75, 3.05) is 5.43 Å². The summed E-state index contributed by atoms with van der Waals surface area (Å²) in [5, 5.41) is 17.3. The number of carboxylic acids is 1. The molecule has 0 aromatic carbocycles. The summed E-state index contributed by atoms with van der Waals surface area (Å²) in [5.74, 6) is -1.49. The molecule has 8 nitrogen and oxygen atoms in total. The third kappa shape index (κ3) is 2.79. The molecule has 0 fully saturated rings. The number of aryl methyl sites for hydroxylation is 1. The Kier molecular flexibility index (Phi) is 3.01. The molecule has 0 spiro atoms. The van der Waals surface area contributed by atoms with Crippen molar-refractivity contribution in [2.45, 2.75) is 6.92 Å². The summed E-state index contributed by atoms with van der Waals surface area (Å²) in [7, 11) is 0. The number of carbonyl (C=O) groups excluding carboxylic acids is 1. The number of nitrogens with zero attached hydrogens (tertiary/aromatic N) is 2. The summed E-state index contributed by atoms with van der Waals surface area (Å²) < 4.78 is 0. The normalized spacial score (nSPS) is 9.40. The molecule has 0 unspecified atom stereocenters. The van der Waals surface area contributed by atoms with Crippen LogP contribution in [0.5, 0.6) is 0 Å². The molecule has 0 aliphatic heterocycles. The molecule has 0 saturated carbocycles. The van der Waals surface area contributed by atoms with Crippen LogP contribution in [-0.4, -0.2) is 21.2 Å². The number of H-pyrrole nitrogens is 1. The first-order valence-corrected chi connectivity index (χ1v) is 3.86. The second-order valence-electron chi connectivity index (χ2n) is 2.60. The Morgan fingerprint density at radius 3 is 2.73 bits per heavy atom. The second-order valence-corrected chi connectivity index (χ2v) is 2.60. The molecule has 1 aromatic rings. The van der Waals surface area contributed by atoms with Crippen LogP contribution in [0.3, 0.4) is 0 Å². The number of hydrogen-bond acceptors (Lipinski definition) is 7. The van der Waals surface area contributed by atoms with E-state index in [1.165, 1.54) is 6.92 Å². The van der Waals surface area contributed by atoms with Gasteiger partial charge in [-0.3, -0.25) is 20.6 Å². The van der Waals surface area contributed by atoms with Gasteiger partial charge in [0.2, 0.25) is 5.95 Å². The first-order chi connectivity index (χ1) is 7.00. The Hall–Kier alpha value is -2.38. The van der Waals surface area contributed by atoms with E-state index < -0.39 is 17.2 Å². The second kappa shape index (κ2) is 4.22. The number of aliphatic carboxylic acids is 1. The molecule has 0 aliphatic rings. The van der Waals surface area contributed by atoms with E-state index in [2.05, 4.69) is 32.6 Å². The van der Waals surface area contributed by atoms with Crippen LogP contribution in [0.25, 0.3) is 0 Å². The van der Waals surface area contributed by atoms with Crippen molar-refractivity contribution < 1.29 is 9.90 Å². The molecule has 1 heterocycles. The van der Waals surface area contributed by atoms with Gasteiger partial charge >= 0.3 is 0 Å². The lowest BCUT2D eigenvalue weighted by molar-refractivity contribution is -0.299. The fourth-order valence-corrected chi connectivity index (χ4v) is 0.635. The van der Waals surface area contributed by atoms with Gasteiger partial charge in [-0.2, -0.15) is 0 Å². The minimum absolute atomic E-state index is 0.0204. The van der Waals surface area contributed by atoms with Crippen molar-refractivity contribution in [3.05, 3.63) is 28.3 Å². The summed E-state index contributed by atoms with van der Waals surface area (Å²) in [5.41, 5.74) is 3.85. The molecule has 0 radical (unpaired) electrons. The molecule has 0 saturated heterocycles. The molecule has 0 bridgehead atoms. The number of aromatic amines is 1. The van der Waals surface area contributed by atoms with E-state index in [0.717, 1.165) is 0 Å². The standard InChI is InChI=1S/C7H9N5O3/c1-3-5(13)8-7(11-9-3)12-10-4(2)6(14)15/h10H,2H2,1H3,(H,14,15)(H2,8,11,12,13)/p-1. The van der Waals surface area contributed by atoms with Crippen molar-refractivity contribution in [3.8, 4) is 0 Å². The quantitative estimate of drug-likeness (QED) is 0.375. The predicted molar refractivity (Wildman–Crippen MR) is 48.3 cm³/mol. The SMILES string of the molecule is C=C(NNc1nnc(C)c(=O)[nH]1)C(=O)[O-]. The van der Waals surface area contributed by atoms with E-state index in [9.17, 15) is 14.7 Å². The molecule has 15 heavy (non-hydrogen) atoms. The van der Waals surface area contributed by atoms with Crippen LogP contribution >= 0.6 is 0 Å². The number of rotatable bonds is 4. The molecule has 8 heteroatoms. The zero-order valence-corrected chi connectivity index (χ0v) is 7.83. The highest BCUT2D eigenvalue weighted by Crippen LogP contribution is 1.89. The number of nitrogens with one attached hydrogen (secondary N) is 3. The largest absolute Gasteiger partial charge is 0.543 e. The zero-order valence-electron chi connectivity index (χ0n) is 7.83. The third-order valence-electron chi connectivity index (χ3n) is 1.44. The molecule has 0 aliphatic carbocycles. The maximum atomic E-state index is 11.0. The maximum absolute atomic E-state index is 11.0. The molecular weight excluding hydrogens is 202 g/mol. The Balaban J connectivity index is 2.67. The van der Waals surface area contributed by atoms with E-state index in [0.29, 0.717) is 0 Å². The monoisotopic (exact) mass is 210 g/mol. The van der Waals surface area contributed by atoms with Gasteiger partial charge in [-0.25, -0.2) is 0 Å². The number of carboxylic acid groups (broad SMARTS) is 1. The van der Waals surface area contributed by atoms with Crippen molar-refractivity contribution in [1.82, 2.24) is 20.6 Å². The molecule has 1 aromatic heterocycles. The van der Waals surface area contributed by atoms with Crippen LogP contribution in [0, 0.1) is 6.92 Å². The molecular formula is C7H8N5O3-. The van der Waals surface area contributed by atoms with Crippen molar-refractivity contribution in [3.63, 3.8) is 0 Å². The highest BCUT2D eigenvalue weighted by atomic mass is 16.4. The summed E-state index contributed by atoms with van der Waals surface area (Å²) in [6.07, 6.45) is 0. The van der Waals surface area contributed by atoms with Gasteiger partial charge in [0.15, 0.2) is 0 Å². The third-order valence-corrected chi connectivity index (χ3v) is 1.44.